The molecule has 7 nitrogen and oxygen atoms in total. The molecule has 0 saturated carbocycles. The van der Waals surface area contributed by atoms with E-state index in [0.29, 0.717) is 35.8 Å². The van der Waals surface area contributed by atoms with E-state index in [0.717, 1.165) is 18.8 Å². The quantitative estimate of drug-likeness (QED) is 0.803. The predicted molar refractivity (Wildman–Crippen MR) is 109 cm³/mol. The molecule has 0 atom stereocenters. The summed E-state index contributed by atoms with van der Waals surface area (Å²) in [5, 5.41) is 2.87. The van der Waals surface area contributed by atoms with Gasteiger partial charge < -0.3 is 24.6 Å². The molecule has 0 aliphatic carbocycles. The molecule has 28 heavy (non-hydrogen) atoms. The molecule has 3 rings (SSSR count). The number of methoxy groups -OCH3 is 2. The number of hydrogen-bond acceptors (Lipinski definition) is 5. The smallest absolute Gasteiger partial charge is 0.321 e. The summed E-state index contributed by atoms with van der Waals surface area (Å²) in [6.07, 6.45) is 0. The highest BCUT2D eigenvalue weighted by atomic mass is 16.5. The molecule has 7 heteroatoms. The summed E-state index contributed by atoms with van der Waals surface area (Å²) in [5.41, 5.74) is 2.24. The van der Waals surface area contributed by atoms with Gasteiger partial charge in [-0.05, 0) is 31.2 Å². The van der Waals surface area contributed by atoms with Gasteiger partial charge in [0.2, 0.25) is 0 Å². The molecule has 1 heterocycles. The normalized spacial score (nSPS) is 13.8. The van der Waals surface area contributed by atoms with Crippen LogP contribution in [0.1, 0.15) is 17.3 Å². The average molecular weight is 383 g/mol. The highest BCUT2D eigenvalue weighted by Crippen LogP contribution is 2.31. The number of rotatable bonds is 5. The Morgan fingerprint density at radius 3 is 2.29 bits per heavy atom. The van der Waals surface area contributed by atoms with Crippen LogP contribution < -0.4 is 19.7 Å². The van der Waals surface area contributed by atoms with Crippen molar-refractivity contribution in [2.24, 2.45) is 0 Å². The molecule has 2 aromatic rings. The van der Waals surface area contributed by atoms with Crippen molar-refractivity contribution in [3.63, 3.8) is 0 Å². The molecule has 0 spiro atoms. The molecule has 1 saturated heterocycles. The second kappa shape index (κ2) is 8.65. The molecule has 148 valence electrons. The summed E-state index contributed by atoms with van der Waals surface area (Å²) >= 11 is 0. The summed E-state index contributed by atoms with van der Waals surface area (Å²) in [6, 6.07) is 12.6. The number of piperazine rings is 1. The zero-order valence-electron chi connectivity index (χ0n) is 16.4. The van der Waals surface area contributed by atoms with Crippen LogP contribution in [0.4, 0.5) is 16.2 Å². The summed E-state index contributed by atoms with van der Waals surface area (Å²) in [7, 11) is 3.23. The van der Waals surface area contributed by atoms with Crippen LogP contribution in [0.15, 0.2) is 42.5 Å². The number of nitrogens with one attached hydrogen (secondary N) is 1. The lowest BCUT2D eigenvalue weighted by atomic mass is 10.1. The van der Waals surface area contributed by atoms with Crippen LogP contribution >= 0.6 is 0 Å². The number of nitrogens with zero attached hydrogens (tertiary/aromatic N) is 2. The minimum Gasteiger partial charge on any atom is -0.493 e. The maximum absolute atomic E-state index is 12.6. The molecule has 2 amide bonds. The van der Waals surface area contributed by atoms with Gasteiger partial charge in [-0.2, -0.15) is 0 Å². The molecule has 0 aromatic heterocycles. The Morgan fingerprint density at radius 2 is 1.64 bits per heavy atom. The van der Waals surface area contributed by atoms with Crippen molar-refractivity contribution in [2.45, 2.75) is 6.92 Å². The second-order valence-electron chi connectivity index (χ2n) is 6.58. The first-order valence-corrected chi connectivity index (χ1v) is 9.15. The fraction of sp³-hybridized carbons (Fsp3) is 0.333. The number of benzene rings is 2. The van der Waals surface area contributed by atoms with Gasteiger partial charge in [-0.15, -0.1) is 0 Å². The van der Waals surface area contributed by atoms with Crippen molar-refractivity contribution in [1.82, 2.24) is 4.90 Å². The lowest BCUT2D eigenvalue weighted by molar-refractivity contribution is 0.101. The van der Waals surface area contributed by atoms with Gasteiger partial charge in [-0.1, -0.05) is 12.1 Å². The maximum atomic E-state index is 12.6. The largest absolute Gasteiger partial charge is 0.493 e. The van der Waals surface area contributed by atoms with E-state index < -0.39 is 0 Å². The van der Waals surface area contributed by atoms with Gasteiger partial charge in [0.15, 0.2) is 17.3 Å². The van der Waals surface area contributed by atoms with Gasteiger partial charge in [-0.25, -0.2) is 4.79 Å². The molecular weight excluding hydrogens is 358 g/mol. The topological polar surface area (TPSA) is 71.1 Å². The summed E-state index contributed by atoms with van der Waals surface area (Å²) < 4.78 is 10.7. The highest BCUT2D eigenvalue weighted by molar-refractivity contribution is 5.96. The number of carbonyl (C=O) groups is 2. The van der Waals surface area contributed by atoms with E-state index in [2.05, 4.69) is 10.2 Å². The highest BCUT2D eigenvalue weighted by Gasteiger charge is 2.22. The first-order chi connectivity index (χ1) is 13.5. The number of urea groups is 1. The van der Waals surface area contributed by atoms with Crippen molar-refractivity contribution >= 4 is 23.2 Å². The van der Waals surface area contributed by atoms with Crippen molar-refractivity contribution in [1.29, 1.82) is 0 Å². The van der Waals surface area contributed by atoms with Crippen molar-refractivity contribution in [3.8, 4) is 11.5 Å². The Bertz CT molecular complexity index is 860. The van der Waals surface area contributed by atoms with E-state index >= 15 is 0 Å². The summed E-state index contributed by atoms with van der Waals surface area (Å²) in [4.78, 5) is 28.0. The van der Waals surface area contributed by atoms with E-state index in [1.165, 1.54) is 6.92 Å². The Kier molecular flexibility index (Phi) is 6.03. The SMILES string of the molecule is COc1ccc(N2CCN(C(=O)Nc3cccc(C(C)=O)c3)CC2)cc1OC. The zero-order chi connectivity index (χ0) is 20.1. The number of ketones is 1. The zero-order valence-corrected chi connectivity index (χ0v) is 16.4. The van der Waals surface area contributed by atoms with Crippen LogP contribution in [-0.4, -0.2) is 57.1 Å². The molecule has 0 unspecified atom stereocenters. The number of Topliss-reactive ketones (excluding diaryl/α,β-unsaturated/α-hetero) is 1. The average Bonchev–Trinajstić information content (AvgIpc) is 2.73. The lowest BCUT2D eigenvalue weighted by Crippen LogP contribution is -2.50. The van der Waals surface area contributed by atoms with E-state index in [-0.39, 0.29) is 11.8 Å². The van der Waals surface area contributed by atoms with Crippen molar-refractivity contribution in [2.75, 3.05) is 50.6 Å². The monoisotopic (exact) mass is 383 g/mol. The van der Waals surface area contributed by atoms with Crippen LogP contribution in [-0.2, 0) is 0 Å². The number of carbonyl (C=O) groups excluding carboxylic acids is 2. The fourth-order valence-electron chi connectivity index (χ4n) is 3.21. The molecule has 0 bridgehead atoms. The van der Waals surface area contributed by atoms with Crippen LogP contribution in [0.2, 0.25) is 0 Å². The van der Waals surface area contributed by atoms with E-state index in [9.17, 15) is 9.59 Å². The third-order valence-corrected chi connectivity index (χ3v) is 4.82. The van der Waals surface area contributed by atoms with Crippen molar-refractivity contribution < 1.29 is 19.1 Å². The van der Waals surface area contributed by atoms with Gasteiger partial charge in [0.1, 0.15) is 0 Å². The fourth-order valence-corrected chi connectivity index (χ4v) is 3.21. The molecule has 1 N–H and O–H groups in total. The second-order valence-corrected chi connectivity index (χ2v) is 6.58. The Hall–Kier alpha value is -3.22. The first kappa shape index (κ1) is 19.5. The van der Waals surface area contributed by atoms with Crippen LogP contribution in [0.5, 0.6) is 11.5 Å². The van der Waals surface area contributed by atoms with Gasteiger partial charge in [0, 0.05) is 49.2 Å². The third-order valence-electron chi connectivity index (χ3n) is 4.82. The standard InChI is InChI=1S/C21H25N3O4/c1-15(25)16-5-4-6-17(13-16)22-21(26)24-11-9-23(10-12-24)18-7-8-19(27-2)20(14-18)28-3/h4-8,13-14H,9-12H2,1-3H3,(H,22,26). The van der Waals surface area contributed by atoms with Gasteiger partial charge in [-0.3, -0.25) is 4.79 Å². The molecule has 1 aliphatic heterocycles. The number of amides is 2. The van der Waals surface area contributed by atoms with Crippen LogP contribution in [0, 0.1) is 0 Å². The Morgan fingerprint density at radius 1 is 0.929 bits per heavy atom. The van der Waals surface area contributed by atoms with E-state index in [4.69, 9.17) is 9.47 Å². The molecule has 1 aliphatic rings. The minimum atomic E-state index is -0.160. The van der Waals surface area contributed by atoms with Crippen molar-refractivity contribution in [3.05, 3.63) is 48.0 Å². The lowest BCUT2D eigenvalue weighted by Gasteiger charge is -2.36. The van der Waals surface area contributed by atoms with Crippen LogP contribution in [0.25, 0.3) is 0 Å². The molecule has 0 radical (unpaired) electrons. The van der Waals surface area contributed by atoms with Gasteiger partial charge in [0.25, 0.3) is 0 Å². The molecule has 2 aromatic carbocycles. The molecule has 1 fully saturated rings. The van der Waals surface area contributed by atoms with E-state index in [1.807, 2.05) is 18.2 Å². The van der Waals surface area contributed by atoms with E-state index in [1.54, 1.807) is 43.4 Å². The van der Waals surface area contributed by atoms with Gasteiger partial charge >= 0.3 is 6.03 Å². The number of anilines is 2. The Balaban J connectivity index is 1.60. The predicted octanol–water partition coefficient (Wildman–Crippen LogP) is 3.26. The number of hydrogen-bond donors (Lipinski definition) is 1. The molecular formula is C21H25N3O4. The maximum Gasteiger partial charge on any atom is 0.321 e. The first-order valence-electron chi connectivity index (χ1n) is 9.15. The number of ether oxygens (including phenoxy) is 2. The third kappa shape index (κ3) is 4.36. The Labute approximate surface area is 164 Å². The van der Waals surface area contributed by atoms with Gasteiger partial charge in [0.05, 0.1) is 14.2 Å². The summed E-state index contributed by atoms with van der Waals surface area (Å²) in [5.74, 6) is 1.35. The van der Waals surface area contributed by atoms with Crippen LogP contribution in [0.3, 0.4) is 0 Å². The minimum absolute atomic E-state index is 0.0281. The summed E-state index contributed by atoms with van der Waals surface area (Å²) in [6.45, 7) is 4.15.